The van der Waals surface area contributed by atoms with Gasteiger partial charge in [0.15, 0.2) is 0 Å². The molecule has 0 bridgehead atoms. The molecule has 0 saturated carbocycles. The van der Waals surface area contributed by atoms with E-state index >= 15 is 0 Å². The lowest BCUT2D eigenvalue weighted by atomic mass is 10.0. The Balaban J connectivity index is 1.82. The number of carbonyl (C=O) groups excluding carboxylic acids is 1. The standard InChI is InChI=1S/C21H18ClNO2/c1-14-6-5-7-17(21(22)24)18(14)13-25-20-10-9-16(12-15(20)2)19-8-3-4-11-23-19/h3-12H,13H2,1-2H3. The quantitative estimate of drug-likeness (QED) is 0.584. The van der Waals surface area contributed by atoms with Crippen LogP contribution in [0, 0.1) is 13.8 Å². The number of carbonyl (C=O) groups is 1. The van der Waals surface area contributed by atoms with Gasteiger partial charge in [0, 0.05) is 22.9 Å². The maximum Gasteiger partial charge on any atom is 0.252 e. The Morgan fingerprint density at radius 3 is 2.56 bits per heavy atom. The Hall–Kier alpha value is -2.65. The van der Waals surface area contributed by atoms with Gasteiger partial charge in [-0.25, -0.2) is 0 Å². The molecule has 1 aromatic heterocycles. The second kappa shape index (κ2) is 7.49. The highest BCUT2D eigenvalue weighted by molar-refractivity contribution is 6.67. The third kappa shape index (κ3) is 3.89. The molecule has 25 heavy (non-hydrogen) atoms. The number of nitrogens with zero attached hydrogens (tertiary/aromatic N) is 1. The summed E-state index contributed by atoms with van der Waals surface area (Å²) >= 11 is 5.68. The van der Waals surface area contributed by atoms with E-state index in [1.807, 2.05) is 62.4 Å². The number of pyridine rings is 1. The number of ether oxygens (including phenoxy) is 1. The first kappa shape index (κ1) is 17.2. The number of rotatable bonds is 5. The molecule has 0 aliphatic carbocycles. The van der Waals surface area contributed by atoms with Gasteiger partial charge in [0.2, 0.25) is 0 Å². The summed E-state index contributed by atoms with van der Waals surface area (Å²) in [5, 5.41) is -0.468. The van der Waals surface area contributed by atoms with Gasteiger partial charge < -0.3 is 4.74 Å². The van der Waals surface area contributed by atoms with Gasteiger partial charge in [-0.2, -0.15) is 0 Å². The van der Waals surface area contributed by atoms with Gasteiger partial charge in [-0.15, -0.1) is 0 Å². The smallest absolute Gasteiger partial charge is 0.252 e. The molecule has 0 amide bonds. The molecule has 3 nitrogen and oxygen atoms in total. The summed E-state index contributed by atoms with van der Waals surface area (Å²) in [4.78, 5) is 16.0. The molecule has 0 aliphatic heterocycles. The van der Waals surface area contributed by atoms with Gasteiger partial charge >= 0.3 is 0 Å². The van der Waals surface area contributed by atoms with E-state index < -0.39 is 5.24 Å². The van der Waals surface area contributed by atoms with E-state index in [1.165, 1.54) is 0 Å². The molecule has 0 atom stereocenters. The van der Waals surface area contributed by atoms with Gasteiger partial charge in [-0.3, -0.25) is 9.78 Å². The third-order valence-electron chi connectivity index (χ3n) is 4.13. The minimum atomic E-state index is -0.468. The van der Waals surface area contributed by atoms with Crippen molar-refractivity contribution in [3.8, 4) is 17.0 Å². The molecular formula is C21H18ClNO2. The van der Waals surface area contributed by atoms with Crippen LogP contribution in [0.15, 0.2) is 60.8 Å². The van der Waals surface area contributed by atoms with Crippen molar-refractivity contribution in [1.82, 2.24) is 4.98 Å². The van der Waals surface area contributed by atoms with Gasteiger partial charge in [0.1, 0.15) is 12.4 Å². The van der Waals surface area contributed by atoms with Crippen LogP contribution in [0.4, 0.5) is 0 Å². The van der Waals surface area contributed by atoms with Crippen molar-refractivity contribution in [2.45, 2.75) is 20.5 Å². The van der Waals surface area contributed by atoms with Crippen LogP contribution in [0.5, 0.6) is 5.75 Å². The minimum Gasteiger partial charge on any atom is -0.489 e. The first-order valence-corrected chi connectivity index (χ1v) is 8.37. The Labute approximate surface area is 152 Å². The second-order valence-corrected chi connectivity index (χ2v) is 6.20. The van der Waals surface area contributed by atoms with E-state index in [1.54, 1.807) is 12.3 Å². The fourth-order valence-electron chi connectivity index (χ4n) is 2.73. The van der Waals surface area contributed by atoms with Gasteiger partial charge in [0.05, 0.1) is 5.69 Å². The average Bonchev–Trinajstić information content (AvgIpc) is 2.62. The lowest BCUT2D eigenvalue weighted by Gasteiger charge is -2.14. The van der Waals surface area contributed by atoms with Gasteiger partial charge in [0.25, 0.3) is 5.24 Å². The van der Waals surface area contributed by atoms with Crippen molar-refractivity contribution in [2.24, 2.45) is 0 Å². The zero-order valence-electron chi connectivity index (χ0n) is 14.1. The summed E-state index contributed by atoms with van der Waals surface area (Å²) < 4.78 is 5.95. The van der Waals surface area contributed by atoms with Crippen LogP contribution in [-0.2, 0) is 6.61 Å². The molecule has 1 heterocycles. The number of halogens is 1. The molecule has 126 valence electrons. The fraction of sp³-hybridized carbons (Fsp3) is 0.143. The molecule has 0 saturated heterocycles. The zero-order valence-corrected chi connectivity index (χ0v) is 14.9. The van der Waals surface area contributed by atoms with Crippen LogP contribution < -0.4 is 4.74 Å². The molecule has 0 radical (unpaired) electrons. The average molecular weight is 352 g/mol. The predicted molar refractivity (Wildman–Crippen MR) is 100 cm³/mol. The van der Waals surface area contributed by atoms with Crippen LogP contribution in [-0.4, -0.2) is 10.2 Å². The summed E-state index contributed by atoms with van der Waals surface area (Å²) in [6, 6.07) is 17.3. The largest absolute Gasteiger partial charge is 0.489 e. The lowest BCUT2D eigenvalue weighted by molar-refractivity contribution is 0.107. The summed E-state index contributed by atoms with van der Waals surface area (Å²) in [5.74, 6) is 0.774. The molecule has 3 rings (SSSR count). The highest BCUT2D eigenvalue weighted by Gasteiger charge is 2.12. The van der Waals surface area contributed by atoms with Crippen molar-refractivity contribution in [2.75, 3.05) is 0 Å². The molecule has 0 aliphatic rings. The van der Waals surface area contributed by atoms with Crippen molar-refractivity contribution in [3.63, 3.8) is 0 Å². The topological polar surface area (TPSA) is 39.2 Å². The number of hydrogen-bond donors (Lipinski definition) is 0. The molecule has 0 N–H and O–H groups in total. The van der Waals surface area contributed by atoms with Crippen LogP contribution in [0.3, 0.4) is 0 Å². The van der Waals surface area contributed by atoms with Crippen molar-refractivity contribution in [1.29, 1.82) is 0 Å². The summed E-state index contributed by atoms with van der Waals surface area (Å²) in [7, 11) is 0. The van der Waals surface area contributed by atoms with E-state index in [9.17, 15) is 4.79 Å². The zero-order chi connectivity index (χ0) is 17.8. The van der Waals surface area contributed by atoms with Crippen LogP contribution in [0.2, 0.25) is 0 Å². The van der Waals surface area contributed by atoms with Crippen molar-refractivity contribution < 1.29 is 9.53 Å². The normalized spacial score (nSPS) is 10.5. The Kier molecular flexibility index (Phi) is 5.15. The van der Waals surface area contributed by atoms with E-state index in [-0.39, 0.29) is 0 Å². The summed E-state index contributed by atoms with van der Waals surface area (Å²) in [6.45, 7) is 4.23. The SMILES string of the molecule is Cc1cc(-c2ccccn2)ccc1OCc1c(C)cccc1C(=O)Cl. The molecule has 0 unspecified atom stereocenters. The Morgan fingerprint density at radius 2 is 1.88 bits per heavy atom. The molecule has 0 fully saturated rings. The summed E-state index contributed by atoms with van der Waals surface area (Å²) in [6.07, 6.45) is 1.78. The van der Waals surface area contributed by atoms with Gasteiger partial charge in [-0.1, -0.05) is 18.2 Å². The fourth-order valence-corrected chi connectivity index (χ4v) is 2.91. The minimum absolute atomic E-state index is 0.296. The van der Waals surface area contributed by atoms with Crippen molar-refractivity contribution >= 4 is 16.8 Å². The van der Waals surface area contributed by atoms with E-state index in [0.29, 0.717) is 12.2 Å². The lowest BCUT2D eigenvalue weighted by Crippen LogP contribution is -2.05. The highest BCUT2D eigenvalue weighted by atomic mass is 35.5. The van der Waals surface area contributed by atoms with Crippen molar-refractivity contribution in [3.05, 3.63) is 83.0 Å². The summed E-state index contributed by atoms with van der Waals surface area (Å²) in [5.41, 5.74) is 5.26. The maximum absolute atomic E-state index is 11.6. The van der Waals surface area contributed by atoms with Gasteiger partial charge in [-0.05, 0) is 73.0 Å². The Bertz CT molecular complexity index is 907. The molecular weight excluding hydrogens is 334 g/mol. The second-order valence-electron chi connectivity index (χ2n) is 5.86. The molecule has 0 spiro atoms. The van der Waals surface area contributed by atoms with E-state index in [0.717, 1.165) is 33.7 Å². The first-order chi connectivity index (χ1) is 12.1. The van der Waals surface area contributed by atoms with Crippen LogP contribution >= 0.6 is 11.6 Å². The van der Waals surface area contributed by atoms with Crippen LogP contribution in [0.1, 0.15) is 27.0 Å². The third-order valence-corrected chi connectivity index (χ3v) is 4.33. The Morgan fingerprint density at radius 1 is 1.04 bits per heavy atom. The van der Waals surface area contributed by atoms with E-state index in [4.69, 9.17) is 16.3 Å². The highest BCUT2D eigenvalue weighted by Crippen LogP contribution is 2.26. The number of aryl methyl sites for hydroxylation is 2. The first-order valence-electron chi connectivity index (χ1n) is 7.99. The molecule has 4 heteroatoms. The predicted octanol–water partition coefficient (Wildman–Crippen LogP) is 5.32. The van der Waals surface area contributed by atoms with Crippen LogP contribution in [0.25, 0.3) is 11.3 Å². The van der Waals surface area contributed by atoms with E-state index in [2.05, 4.69) is 4.98 Å². The monoisotopic (exact) mass is 351 g/mol. The molecule has 2 aromatic carbocycles. The molecule has 3 aromatic rings. The number of aromatic nitrogens is 1. The number of hydrogen-bond acceptors (Lipinski definition) is 3. The number of benzene rings is 2. The maximum atomic E-state index is 11.6.